The fourth-order valence-corrected chi connectivity index (χ4v) is 2.42. The summed E-state index contributed by atoms with van der Waals surface area (Å²) in [7, 11) is 0. The molecule has 2 atom stereocenters. The van der Waals surface area contributed by atoms with Gasteiger partial charge in [-0.05, 0) is 44.7 Å². The minimum atomic E-state index is 0.976. The predicted molar refractivity (Wildman–Crippen MR) is 43.0 cm³/mol. The van der Waals surface area contributed by atoms with Crippen LogP contribution in [0.2, 0.25) is 0 Å². The zero-order valence-corrected chi connectivity index (χ0v) is 6.84. The van der Waals surface area contributed by atoms with Crippen molar-refractivity contribution in [2.45, 2.75) is 38.6 Å². The molecule has 10 heavy (non-hydrogen) atoms. The summed E-state index contributed by atoms with van der Waals surface area (Å²) in [5, 5.41) is 0. The highest BCUT2D eigenvalue weighted by molar-refractivity contribution is 4.84. The van der Waals surface area contributed by atoms with Crippen LogP contribution in [-0.2, 0) is 0 Å². The van der Waals surface area contributed by atoms with Gasteiger partial charge in [0.2, 0.25) is 0 Å². The molecule has 0 bridgehead atoms. The van der Waals surface area contributed by atoms with Crippen LogP contribution in [0.3, 0.4) is 0 Å². The molecule has 0 aromatic carbocycles. The van der Waals surface area contributed by atoms with E-state index in [1.807, 2.05) is 0 Å². The summed E-state index contributed by atoms with van der Waals surface area (Å²) >= 11 is 0. The van der Waals surface area contributed by atoms with Crippen LogP contribution in [0.25, 0.3) is 0 Å². The molecule has 2 heterocycles. The third-order valence-electron chi connectivity index (χ3n) is 3.08. The molecule has 2 aliphatic rings. The average Bonchev–Trinajstić information content (AvgIpc) is 2.33. The molecule has 2 rings (SSSR count). The molecular weight excluding hydrogens is 122 g/mol. The third kappa shape index (κ3) is 1.07. The second-order valence-electron chi connectivity index (χ2n) is 3.96. The summed E-state index contributed by atoms with van der Waals surface area (Å²) in [6.07, 6.45) is 5.85. The Labute approximate surface area is 63.4 Å². The van der Waals surface area contributed by atoms with Gasteiger partial charge in [0.25, 0.3) is 0 Å². The summed E-state index contributed by atoms with van der Waals surface area (Å²) < 4.78 is 0. The van der Waals surface area contributed by atoms with Gasteiger partial charge in [-0.15, -0.1) is 0 Å². The highest BCUT2D eigenvalue weighted by Gasteiger charge is 2.29. The Morgan fingerprint density at radius 2 is 2.10 bits per heavy atom. The van der Waals surface area contributed by atoms with Gasteiger partial charge in [-0.2, -0.15) is 0 Å². The molecule has 2 saturated heterocycles. The summed E-state index contributed by atoms with van der Waals surface area (Å²) in [5.74, 6) is 0.999. The SMILES string of the molecule is C[C@H]1CCN2CCC[C@H]2C1. The quantitative estimate of drug-likeness (QED) is 0.495. The number of rotatable bonds is 0. The normalized spacial score (nSPS) is 41.7. The number of hydrogen-bond acceptors (Lipinski definition) is 1. The van der Waals surface area contributed by atoms with Crippen molar-refractivity contribution in [1.29, 1.82) is 0 Å². The number of nitrogens with zero attached hydrogens (tertiary/aromatic N) is 1. The van der Waals surface area contributed by atoms with Crippen molar-refractivity contribution in [3.05, 3.63) is 0 Å². The van der Waals surface area contributed by atoms with E-state index in [1.54, 1.807) is 0 Å². The molecule has 0 aliphatic carbocycles. The highest BCUT2D eigenvalue weighted by atomic mass is 15.2. The lowest BCUT2D eigenvalue weighted by molar-refractivity contribution is 0.160. The Kier molecular flexibility index (Phi) is 1.69. The molecule has 0 N–H and O–H groups in total. The lowest BCUT2D eigenvalue weighted by atomic mass is 9.93. The van der Waals surface area contributed by atoms with Gasteiger partial charge in [-0.1, -0.05) is 6.92 Å². The van der Waals surface area contributed by atoms with Gasteiger partial charge in [0, 0.05) is 6.04 Å². The van der Waals surface area contributed by atoms with Crippen molar-refractivity contribution in [1.82, 2.24) is 4.90 Å². The first kappa shape index (κ1) is 6.66. The Morgan fingerprint density at radius 3 is 3.00 bits per heavy atom. The van der Waals surface area contributed by atoms with E-state index in [-0.39, 0.29) is 0 Å². The van der Waals surface area contributed by atoms with Crippen molar-refractivity contribution in [2.24, 2.45) is 5.92 Å². The van der Waals surface area contributed by atoms with Crippen molar-refractivity contribution < 1.29 is 0 Å². The summed E-state index contributed by atoms with van der Waals surface area (Å²) in [5.41, 5.74) is 0. The lowest BCUT2D eigenvalue weighted by Crippen LogP contribution is -2.37. The molecule has 58 valence electrons. The molecule has 0 aromatic rings. The predicted octanol–water partition coefficient (Wildman–Crippen LogP) is 1.88. The Balaban J connectivity index is 1.96. The first-order chi connectivity index (χ1) is 4.86. The van der Waals surface area contributed by atoms with Crippen LogP contribution < -0.4 is 0 Å². The van der Waals surface area contributed by atoms with Gasteiger partial charge in [-0.3, -0.25) is 0 Å². The number of fused-ring (bicyclic) bond motifs is 1. The third-order valence-corrected chi connectivity index (χ3v) is 3.08. The summed E-state index contributed by atoms with van der Waals surface area (Å²) in [6.45, 7) is 5.17. The largest absolute Gasteiger partial charge is 0.300 e. The van der Waals surface area contributed by atoms with Gasteiger partial charge in [0.1, 0.15) is 0 Å². The molecule has 0 spiro atoms. The van der Waals surface area contributed by atoms with Crippen LogP contribution in [-0.4, -0.2) is 24.0 Å². The maximum absolute atomic E-state index is 2.68. The second kappa shape index (κ2) is 2.54. The molecule has 0 saturated carbocycles. The standard InChI is InChI=1S/C9H17N/c1-8-4-6-10-5-2-3-9(10)7-8/h8-9H,2-7H2,1H3/t8-,9-/m0/s1. The zero-order valence-electron chi connectivity index (χ0n) is 6.84. The van der Waals surface area contributed by atoms with E-state index in [4.69, 9.17) is 0 Å². The van der Waals surface area contributed by atoms with Crippen molar-refractivity contribution in [2.75, 3.05) is 13.1 Å². The molecule has 2 fully saturated rings. The molecule has 0 amide bonds. The van der Waals surface area contributed by atoms with E-state index in [0.29, 0.717) is 0 Å². The lowest BCUT2D eigenvalue weighted by Gasteiger charge is -2.32. The van der Waals surface area contributed by atoms with Crippen LogP contribution in [0.15, 0.2) is 0 Å². The van der Waals surface area contributed by atoms with Gasteiger partial charge in [-0.25, -0.2) is 0 Å². The Morgan fingerprint density at radius 1 is 1.20 bits per heavy atom. The van der Waals surface area contributed by atoms with Crippen LogP contribution in [0.4, 0.5) is 0 Å². The zero-order chi connectivity index (χ0) is 6.97. The molecule has 1 nitrogen and oxygen atoms in total. The van der Waals surface area contributed by atoms with E-state index in [9.17, 15) is 0 Å². The van der Waals surface area contributed by atoms with Gasteiger partial charge in [0.05, 0.1) is 0 Å². The Hall–Kier alpha value is -0.0400. The first-order valence-electron chi connectivity index (χ1n) is 4.60. The fraction of sp³-hybridized carbons (Fsp3) is 1.00. The molecule has 0 radical (unpaired) electrons. The van der Waals surface area contributed by atoms with Crippen molar-refractivity contribution >= 4 is 0 Å². The average molecular weight is 139 g/mol. The van der Waals surface area contributed by atoms with E-state index in [1.165, 1.54) is 38.8 Å². The van der Waals surface area contributed by atoms with E-state index < -0.39 is 0 Å². The molecule has 2 aliphatic heterocycles. The topological polar surface area (TPSA) is 3.24 Å². The Bertz CT molecular complexity index is 122. The minimum Gasteiger partial charge on any atom is -0.300 e. The van der Waals surface area contributed by atoms with Crippen LogP contribution >= 0.6 is 0 Å². The summed E-state index contributed by atoms with van der Waals surface area (Å²) in [4.78, 5) is 2.68. The van der Waals surface area contributed by atoms with E-state index >= 15 is 0 Å². The second-order valence-corrected chi connectivity index (χ2v) is 3.96. The van der Waals surface area contributed by atoms with E-state index in [0.717, 1.165) is 12.0 Å². The van der Waals surface area contributed by atoms with Crippen LogP contribution in [0.5, 0.6) is 0 Å². The van der Waals surface area contributed by atoms with Gasteiger partial charge in [0.15, 0.2) is 0 Å². The number of hydrogen-bond donors (Lipinski definition) is 0. The van der Waals surface area contributed by atoms with E-state index in [2.05, 4.69) is 11.8 Å². The maximum atomic E-state index is 2.68. The maximum Gasteiger partial charge on any atom is 0.00982 e. The van der Waals surface area contributed by atoms with Crippen LogP contribution in [0.1, 0.15) is 32.6 Å². The summed E-state index contributed by atoms with van der Waals surface area (Å²) in [6, 6.07) is 0.976. The smallest absolute Gasteiger partial charge is 0.00982 e. The number of piperidine rings is 1. The van der Waals surface area contributed by atoms with Crippen molar-refractivity contribution in [3.63, 3.8) is 0 Å². The van der Waals surface area contributed by atoms with Gasteiger partial charge >= 0.3 is 0 Å². The first-order valence-corrected chi connectivity index (χ1v) is 4.60. The van der Waals surface area contributed by atoms with Crippen molar-refractivity contribution in [3.8, 4) is 0 Å². The monoisotopic (exact) mass is 139 g/mol. The molecular formula is C9H17N. The highest BCUT2D eigenvalue weighted by Crippen LogP contribution is 2.29. The minimum absolute atomic E-state index is 0.976. The molecule has 1 heteroatoms. The molecule has 0 aromatic heterocycles. The fourth-order valence-electron chi connectivity index (χ4n) is 2.42. The molecule has 0 unspecified atom stereocenters. The van der Waals surface area contributed by atoms with Crippen LogP contribution in [0, 0.1) is 5.92 Å². The van der Waals surface area contributed by atoms with Gasteiger partial charge < -0.3 is 4.90 Å².